The highest BCUT2D eigenvalue weighted by atomic mass is 16.5. The zero-order valence-corrected chi connectivity index (χ0v) is 17.5. The van der Waals surface area contributed by atoms with E-state index in [0.29, 0.717) is 18.4 Å². The van der Waals surface area contributed by atoms with Gasteiger partial charge in [0.25, 0.3) is 0 Å². The summed E-state index contributed by atoms with van der Waals surface area (Å²) < 4.78 is 17.0. The van der Waals surface area contributed by atoms with Crippen LogP contribution in [-0.4, -0.2) is 59.1 Å². The monoisotopic (exact) mass is 391 g/mol. The molecule has 1 heterocycles. The lowest BCUT2D eigenvalue weighted by Gasteiger charge is -2.21. The molecule has 6 heteroatoms. The van der Waals surface area contributed by atoms with Crippen LogP contribution in [0, 0.1) is 11.8 Å². The van der Waals surface area contributed by atoms with Gasteiger partial charge in [0.1, 0.15) is 0 Å². The van der Waals surface area contributed by atoms with E-state index < -0.39 is 0 Å². The number of aliphatic imine (C=N–C) groups is 1. The molecule has 0 bridgehead atoms. The Kier molecular flexibility index (Phi) is 11.6. The fraction of sp³-hybridized carbons (Fsp3) is 0.682. The topological polar surface area (TPSA) is 64.1 Å². The summed E-state index contributed by atoms with van der Waals surface area (Å²) >= 11 is 0. The van der Waals surface area contributed by atoms with Crippen molar-refractivity contribution < 1.29 is 14.2 Å². The first kappa shape index (κ1) is 22.7. The third-order valence-electron chi connectivity index (χ3n) is 4.81. The van der Waals surface area contributed by atoms with Gasteiger partial charge in [-0.1, -0.05) is 37.3 Å². The van der Waals surface area contributed by atoms with Gasteiger partial charge >= 0.3 is 0 Å². The van der Waals surface area contributed by atoms with Crippen LogP contribution in [0.3, 0.4) is 0 Å². The first-order valence-electron chi connectivity index (χ1n) is 10.5. The summed E-state index contributed by atoms with van der Waals surface area (Å²) in [5, 5.41) is 6.71. The molecule has 2 N–H and O–H groups in total. The Hall–Kier alpha value is -1.63. The predicted octanol–water partition coefficient (Wildman–Crippen LogP) is 2.84. The van der Waals surface area contributed by atoms with Crippen molar-refractivity contribution in [3.8, 4) is 0 Å². The van der Waals surface area contributed by atoms with Crippen molar-refractivity contribution >= 4 is 5.96 Å². The van der Waals surface area contributed by atoms with E-state index in [9.17, 15) is 0 Å². The molecule has 1 unspecified atom stereocenters. The van der Waals surface area contributed by atoms with Crippen molar-refractivity contribution in [1.82, 2.24) is 10.6 Å². The van der Waals surface area contributed by atoms with E-state index >= 15 is 0 Å². The molecule has 6 nitrogen and oxygen atoms in total. The molecular weight excluding hydrogens is 354 g/mol. The molecule has 1 atom stereocenters. The lowest BCUT2D eigenvalue weighted by Crippen LogP contribution is -2.40. The second-order valence-electron chi connectivity index (χ2n) is 7.47. The molecule has 1 fully saturated rings. The summed E-state index contributed by atoms with van der Waals surface area (Å²) in [4.78, 5) is 4.28. The minimum absolute atomic E-state index is 0.407. The number of benzene rings is 1. The van der Waals surface area contributed by atoms with Crippen LogP contribution in [0.2, 0.25) is 0 Å². The number of nitrogens with one attached hydrogen (secondary N) is 2. The molecule has 0 aromatic heterocycles. The van der Waals surface area contributed by atoms with E-state index in [1.165, 1.54) is 5.56 Å². The number of nitrogens with zero attached hydrogens (tertiary/aromatic N) is 1. The van der Waals surface area contributed by atoms with Crippen LogP contribution in [0.4, 0.5) is 0 Å². The quantitative estimate of drug-likeness (QED) is 0.326. The van der Waals surface area contributed by atoms with Gasteiger partial charge in [0.2, 0.25) is 0 Å². The van der Waals surface area contributed by atoms with Crippen LogP contribution in [0.15, 0.2) is 35.3 Å². The predicted molar refractivity (Wildman–Crippen MR) is 114 cm³/mol. The summed E-state index contributed by atoms with van der Waals surface area (Å²) in [6, 6.07) is 10.3. The molecule has 1 aliphatic rings. The second kappa shape index (κ2) is 14.4. The highest BCUT2D eigenvalue weighted by molar-refractivity contribution is 5.79. The zero-order valence-electron chi connectivity index (χ0n) is 17.5. The van der Waals surface area contributed by atoms with E-state index in [4.69, 9.17) is 14.2 Å². The van der Waals surface area contributed by atoms with E-state index in [-0.39, 0.29) is 0 Å². The number of hydrogen-bond donors (Lipinski definition) is 2. The van der Waals surface area contributed by atoms with Gasteiger partial charge < -0.3 is 24.8 Å². The Morgan fingerprint density at radius 2 is 1.96 bits per heavy atom. The lowest BCUT2D eigenvalue weighted by atomic mass is 10.0. The maximum Gasteiger partial charge on any atom is 0.190 e. The van der Waals surface area contributed by atoms with Gasteiger partial charge in [-0.25, -0.2) is 0 Å². The Bertz CT molecular complexity index is 533. The van der Waals surface area contributed by atoms with Crippen molar-refractivity contribution in [2.45, 2.75) is 32.8 Å². The summed E-state index contributed by atoms with van der Waals surface area (Å²) in [6.07, 6.45) is 3.23. The largest absolute Gasteiger partial charge is 0.381 e. The van der Waals surface area contributed by atoms with Gasteiger partial charge in [-0.05, 0) is 36.7 Å². The van der Waals surface area contributed by atoms with Crippen LogP contribution in [0.1, 0.15) is 31.7 Å². The van der Waals surface area contributed by atoms with E-state index in [1.54, 1.807) is 7.05 Å². The summed E-state index contributed by atoms with van der Waals surface area (Å²) in [5.41, 5.74) is 1.21. The maximum absolute atomic E-state index is 5.80. The molecule has 1 saturated heterocycles. The normalized spacial score (nSPS) is 16.7. The van der Waals surface area contributed by atoms with Crippen LogP contribution in [0.5, 0.6) is 0 Å². The molecule has 158 valence electrons. The second-order valence-corrected chi connectivity index (χ2v) is 7.47. The Balaban J connectivity index is 1.46. The number of rotatable bonds is 12. The molecular formula is C22H37N3O3. The number of hydrogen-bond acceptors (Lipinski definition) is 4. The van der Waals surface area contributed by atoms with E-state index in [0.717, 1.165) is 71.3 Å². The van der Waals surface area contributed by atoms with Crippen molar-refractivity contribution in [2.75, 3.05) is 53.2 Å². The van der Waals surface area contributed by atoms with Crippen LogP contribution in [0.25, 0.3) is 0 Å². The van der Waals surface area contributed by atoms with Gasteiger partial charge in [0, 0.05) is 46.6 Å². The van der Waals surface area contributed by atoms with Crippen LogP contribution >= 0.6 is 0 Å². The Labute approximate surface area is 170 Å². The summed E-state index contributed by atoms with van der Waals surface area (Å²) in [6.45, 7) is 8.64. The number of ether oxygens (including phenoxy) is 3. The fourth-order valence-electron chi connectivity index (χ4n) is 3.05. The van der Waals surface area contributed by atoms with Crippen molar-refractivity contribution in [3.63, 3.8) is 0 Å². The average Bonchev–Trinajstić information content (AvgIpc) is 2.74. The summed E-state index contributed by atoms with van der Waals surface area (Å²) in [7, 11) is 1.80. The van der Waals surface area contributed by atoms with Gasteiger partial charge in [0.15, 0.2) is 5.96 Å². The van der Waals surface area contributed by atoms with Crippen molar-refractivity contribution in [1.29, 1.82) is 0 Å². The average molecular weight is 392 g/mol. The van der Waals surface area contributed by atoms with Gasteiger partial charge in [-0.15, -0.1) is 0 Å². The molecule has 0 radical (unpaired) electrons. The number of guanidine groups is 1. The van der Waals surface area contributed by atoms with Crippen LogP contribution in [-0.2, 0) is 20.8 Å². The smallest absolute Gasteiger partial charge is 0.190 e. The van der Waals surface area contributed by atoms with E-state index in [1.807, 2.05) is 18.2 Å². The van der Waals surface area contributed by atoms with Crippen molar-refractivity contribution in [2.24, 2.45) is 16.8 Å². The first-order valence-corrected chi connectivity index (χ1v) is 10.5. The molecule has 0 saturated carbocycles. The minimum Gasteiger partial charge on any atom is -0.381 e. The summed E-state index contributed by atoms with van der Waals surface area (Å²) in [5.74, 6) is 1.91. The van der Waals surface area contributed by atoms with Crippen LogP contribution < -0.4 is 10.6 Å². The SMILES string of the molecule is CN=C(NCCCOCC1CCOCC1)NCC(C)COCc1ccccc1. The minimum atomic E-state index is 0.407. The highest BCUT2D eigenvalue weighted by Crippen LogP contribution is 2.14. The highest BCUT2D eigenvalue weighted by Gasteiger charge is 2.13. The molecule has 0 amide bonds. The lowest BCUT2D eigenvalue weighted by molar-refractivity contribution is 0.0203. The van der Waals surface area contributed by atoms with Crippen molar-refractivity contribution in [3.05, 3.63) is 35.9 Å². The standard InChI is InChI=1S/C22H37N3O3/c1-19(16-28-18-20-7-4-3-5-8-20)15-25-22(23-2)24-11-6-12-27-17-21-9-13-26-14-10-21/h3-5,7-8,19,21H,6,9-18H2,1-2H3,(H2,23,24,25). The van der Waals surface area contributed by atoms with Gasteiger partial charge in [-0.3, -0.25) is 4.99 Å². The fourth-order valence-corrected chi connectivity index (χ4v) is 3.05. The third kappa shape index (κ3) is 10.1. The molecule has 1 aliphatic heterocycles. The molecule has 1 aromatic rings. The molecule has 28 heavy (non-hydrogen) atoms. The maximum atomic E-state index is 5.80. The zero-order chi connectivity index (χ0) is 19.9. The van der Waals surface area contributed by atoms with Gasteiger partial charge in [-0.2, -0.15) is 0 Å². The molecule has 1 aromatic carbocycles. The third-order valence-corrected chi connectivity index (χ3v) is 4.81. The van der Waals surface area contributed by atoms with Gasteiger partial charge in [0.05, 0.1) is 13.2 Å². The Morgan fingerprint density at radius 3 is 2.71 bits per heavy atom. The molecule has 0 aliphatic carbocycles. The van der Waals surface area contributed by atoms with E-state index in [2.05, 4.69) is 34.7 Å². The first-order chi connectivity index (χ1) is 13.8. The Morgan fingerprint density at radius 1 is 1.18 bits per heavy atom. The molecule has 2 rings (SSSR count). The molecule has 0 spiro atoms.